The molecule has 2 heteroatoms. The zero-order valence-electron chi connectivity index (χ0n) is 7.94. The number of hydrogen-bond donors (Lipinski definition) is 0. The van der Waals surface area contributed by atoms with Gasteiger partial charge in [0.25, 0.3) is 0 Å². The molecule has 0 atom stereocenters. The van der Waals surface area contributed by atoms with Gasteiger partial charge in [0.1, 0.15) is 0 Å². The molecule has 0 unspecified atom stereocenters. The van der Waals surface area contributed by atoms with Gasteiger partial charge >= 0.3 is 5.63 Å². The fourth-order valence-electron chi connectivity index (χ4n) is 1.13. The molecule has 0 aliphatic heterocycles. The van der Waals surface area contributed by atoms with E-state index in [1.807, 2.05) is 30.3 Å². The summed E-state index contributed by atoms with van der Waals surface area (Å²) in [5, 5.41) is 0. The highest BCUT2D eigenvalue weighted by molar-refractivity contribution is 5.41. The Morgan fingerprint density at radius 3 is 2.40 bits per heavy atom. The minimum atomic E-state index is -0.380. The van der Waals surface area contributed by atoms with Crippen LogP contribution in [0.25, 0.3) is 0 Å². The van der Waals surface area contributed by atoms with E-state index in [4.69, 9.17) is 0 Å². The first-order valence-electron chi connectivity index (χ1n) is 4.50. The van der Waals surface area contributed by atoms with Crippen molar-refractivity contribution in [2.75, 3.05) is 0 Å². The molecule has 15 heavy (non-hydrogen) atoms. The van der Waals surface area contributed by atoms with Crippen molar-refractivity contribution in [3.05, 3.63) is 70.3 Å². The molecular weight excluding hydrogens is 188 g/mol. The molecule has 0 radical (unpaired) electrons. The second-order valence-corrected chi connectivity index (χ2v) is 2.96. The molecule has 0 spiro atoms. The molecule has 0 bridgehead atoms. The number of hydrogen-bond acceptors (Lipinski definition) is 2. The lowest BCUT2D eigenvalue weighted by atomic mass is 10.2. The van der Waals surface area contributed by atoms with Crippen LogP contribution in [0.4, 0.5) is 0 Å². The van der Waals surface area contributed by atoms with Crippen LogP contribution in [-0.4, -0.2) is 0 Å². The van der Waals surface area contributed by atoms with Gasteiger partial charge in [-0.15, -0.1) is 0 Å². The standard InChI is InChI=1S/C13H8O2/c14-13-10-12(8-9-15-13)7-6-11-4-2-1-3-5-11/h1-5,8-10H. The molecule has 2 rings (SSSR count). The van der Waals surface area contributed by atoms with Gasteiger partial charge in [-0.2, -0.15) is 0 Å². The molecular formula is C13H8O2. The van der Waals surface area contributed by atoms with E-state index >= 15 is 0 Å². The average Bonchev–Trinajstić information content (AvgIpc) is 2.28. The summed E-state index contributed by atoms with van der Waals surface area (Å²) in [6.45, 7) is 0. The molecule has 1 heterocycles. The Morgan fingerprint density at radius 2 is 1.67 bits per heavy atom. The van der Waals surface area contributed by atoms with Crippen LogP contribution in [0.5, 0.6) is 0 Å². The highest BCUT2D eigenvalue weighted by Crippen LogP contribution is 1.97. The van der Waals surface area contributed by atoms with Crippen molar-refractivity contribution in [3.8, 4) is 11.8 Å². The van der Waals surface area contributed by atoms with Gasteiger partial charge in [-0.3, -0.25) is 0 Å². The van der Waals surface area contributed by atoms with E-state index in [2.05, 4.69) is 16.3 Å². The van der Waals surface area contributed by atoms with Crippen LogP contribution in [0.1, 0.15) is 11.1 Å². The lowest BCUT2D eigenvalue weighted by Crippen LogP contribution is -1.95. The Hall–Kier alpha value is -2.27. The molecule has 0 aliphatic rings. The smallest absolute Gasteiger partial charge is 0.336 e. The van der Waals surface area contributed by atoms with Crippen LogP contribution < -0.4 is 5.63 Å². The van der Waals surface area contributed by atoms with E-state index in [1.54, 1.807) is 6.07 Å². The minimum Gasteiger partial charge on any atom is -0.431 e. The molecule has 0 amide bonds. The maximum atomic E-state index is 10.9. The third kappa shape index (κ3) is 2.58. The van der Waals surface area contributed by atoms with Crippen molar-refractivity contribution in [1.82, 2.24) is 0 Å². The van der Waals surface area contributed by atoms with Crippen LogP contribution in [0.3, 0.4) is 0 Å². The predicted octanol–water partition coefficient (Wildman–Crippen LogP) is 2.04. The Kier molecular flexibility index (Phi) is 2.66. The molecule has 0 aliphatic carbocycles. The lowest BCUT2D eigenvalue weighted by Gasteiger charge is -1.87. The molecule has 0 N–H and O–H groups in total. The molecule has 0 saturated heterocycles. The van der Waals surface area contributed by atoms with Crippen molar-refractivity contribution in [3.63, 3.8) is 0 Å². The van der Waals surface area contributed by atoms with E-state index in [0.717, 1.165) is 5.56 Å². The summed E-state index contributed by atoms with van der Waals surface area (Å²) < 4.78 is 4.60. The Morgan fingerprint density at radius 1 is 0.933 bits per heavy atom. The lowest BCUT2D eigenvalue weighted by molar-refractivity contribution is 0.510. The summed E-state index contributed by atoms with van der Waals surface area (Å²) >= 11 is 0. The predicted molar refractivity (Wildman–Crippen MR) is 57.4 cm³/mol. The quantitative estimate of drug-likeness (QED) is 0.603. The molecule has 72 valence electrons. The minimum absolute atomic E-state index is 0.380. The van der Waals surface area contributed by atoms with E-state index in [0.29, 0.717) is 5.56 Å². The van der Waals surface area contributed by atoms with Gasteiger partial charge < -0.3 is 4.42 Å². The number of rotatable bonds is 0. The van der Waals surface area contributed by atoms with Gasteiger partial charge in [0.05, 0.1) is 6.26 Å². The normalized spacial score (nSPS) is 9.07. The van der Waals surface area contributed by atoms with Crippen molar-refractivity contribution < 1.29 is 4.42 Å². The van der Waals surface area contributed by atoms with Crippen LogP contribution in [0.15, 0.2) is 57.9 Å². The molecule has 2 aromatic rings. The maximum absolute atomic E-state index is 10.9. The Bertz CT molecular complexity index is 556. The van der Waals surface area contributed by atoms with Crippen molar-refractivity contribution in [2.24, 2.45) is 0 Å². The summed E-state index contributed by atoms with van der Waals surface area (Å²) in [5.41, 5.74) is 1.20. The van der Waals surface area contributed by atoms with Crippen LogP contribution in [0, 0.1) is 11.8 Å². The molecule has 1 aromatic heterocycles. The first-order chi connectivity index (χ1) is 7.34. The largest absolute Gasteiger partial charge is 0.431 e. The Balaban J connectivity index is 2.30. The van der Waals surface area contributed by atoms with Crippen LogP contribution in [-0.2, 0) is 0 Å². The highest BCUT2D eigenvalue weighted by Gasteiger charge is 1.88. The molecule has 2 nitrogen and oxygen atoms in total. The highest BCUT2D eigenvalue weighted by atomic mass is 16.4. The van der Waals surface area contributed by atoms with Gasteiger partial charge in [0.15, 0.2) is 0 Å². The summed E-state index contributed by atoms with van der Waals surface area (Å²) in [6.07, 6.45) is 1.34. The van der Waals surface area contributed by atoms with Crippen molar-refractivity contribution in [2.45, 2.75) is 0 Å². The summed E-state index contributed by atoms with van der Waals surface area (Å²) in [5.74, 6) is 5.85. The first kappa shape index (κ1) is 9.29. The zero-order chi connectivity index (χ0) is 10.5. The van der Waals surface area contributed by atoms with Gasteiger partial charge in [0, 0.05) is 17.2 Å². The van der Waals surface area contributed by atoms with Gasteiger partial charge in [-0.1, -0.05) is 30.0 Å². The molecule has 0 saturated carbocycles. The van der Waals surface area contributed by atoms with Gasteiger partial charge in [-0.05, 0) is 18.2 Å². The third-order valence-corrected chi connectivity index (χ3v) is 1.83. The summed E-state index contributed by atoms with van der Waals surface area (Å²) in [6, 6.07) is 12.6. The van der Waals surface area contributed by atoms with Gasteiger partial charge in [-0.25, -0.2) is 4.79 Å². The van der Waals surface area contributed by atoms with Crippen LogP contribution in [0.2, 0.25) is 0 Å². The Labute approximate surface area is 87.2 Å². The van der Waals surface area contributed by atoms with E-state index < -0.39 is 0 Å². The average molecular weight is 196 g/mol. The summed E-state index contributed by atoms with van der Waals surface area (Å²) in [4.78, 5) is 10.9. The van der Waals surface area contributed by atoms with E-state index in [1.165, 1.54) is 12.3 Å². The van der Waals surface area contributed by atoms with E-state index in [9.17, 15) is 4.79 Å². The van der Waals surface area contributed by atoms with Crippen molar-refractivity contribution >= 4 is 0 Å². The van der Waals surface area contributed by atoms with Gasteiger partial charge in [0.2, 0.25) is 0 Å². The second kappa shape index (κ2) is 4.30. The molecule has 0 fully saturated rings. The fraction of sp³-hybridized carbons (Fsp3) is 0. The topological polar surface area (TPSA) is 30.2 Å². The van der Waals surface area contributed by atoms with E-state index in [-0.39, 0.29) is 5.63 Å². The van der Waals surface area contributed by atoms with Crippen molar-refractivity contribution in [1.29, 1.82) is 0 Å². The SMILES string of the molecule is O=c1cc(C#Cc2ccccc2)cco1. The van der Waals surface area contributed by atoms with Crippen LogP contribution >= 0.6 is 0 Å². The first-order valence-corrected chi connectivity index (χ1v) is 4.50. The monoisotopic (exact) mass is 196 g/mol. The fourth-order valence-corrected chi connectivity index (χ4v) is 1.13. The third-order valence-electron chi connectivity index (χ3n) is 1.83. The second-order valence-electron chi connectivity index (χ2n) is 2.96. The summed E-state index contributed by atoms with van der Waals surface area (Å²) in [7, 11) is 0. The number of benzene rings is 1. The maximum Gasteiger partial charge on any atom is 0.336 e. The molecule has 1 aromatic carbocycles. The zero-order valence-corrected chi connectivity index (χ0v) is 7.94.